The highest BCUT2D eigenvalue weighted by molar-refractivity contribution is 5.76. The van der Waals surface area contributed by atoms with Gasteiger partial charge in [0.25, 0.3) is 5.79 Å². The van der Waals surface area contributed by atoms with E-state index in [1.54, 1.807) is 6.08 Å². The molecule has 110 heavy (non-hydrogen) atoms. The molecule has 0 aliphatic carbocycles. The van der Waals surface area contributed by atoms with Gasteiger partial charge in [-0.25, -0.2) is 4.79 Å². The first kappa shape index (κ1) is 97.6. The number of carbonyl (C=O) groups excluding carboxylic acids is 2. The summed E-state index contributed by atoms with van der Waals surface area (Å²) in [5, 5.41) is 203. The predicted octanol–water partition coefficient (Wildman–Crippen LogP) is 1.15. The van der Waals surface area contributed by atoms with Gasteiger partial charge in [0, 0.05) is 19.8 Å². The van der Waals surface area contributed by atoms with E-state index < -0.39 is 229 Å². The van der Waals surface area contributed by atoms with Crippen molar-refractivity contribution in [3.05, 3.63) is 12.2 Å². The molecule has 5 aliphatic rings. The molecule has 0 radical (unpaired) electrons. The van der Waals surface area contributed by atoms with Crippen molar-refractivity contribution in [3.63, 3.8) is 0 Å². The van der Waals surface area contributed by atoms with Crippen LogP contribution in [0.5, 0.6) is 0 Å². The fourth-order valence-corrected chi connectivity index (χ4v) is 14.9. The fourth-order valence-electron chi connectivity index (χ4n) is 14.9. The molecule has 2 amide bonds. The van der Waals surface area contributed by atoms with Crippen LogP contribution in [0, 0.1) is 0 Å². The standard InChI is InChI=1S/C77H140N2O31/c1-4-6-8-10-12-14-16-18-19-20-21-22-23-24-25-27-29-31-33-35-37-39-56(89)79-48(49(86)38-36-34-32-30-28-26-17-15-13-11-9-7-5-2)46-101-73-64(96)62(94)68(54(44-83)104-73)107-74-65(97)63(95)67(55(45-84)105-74)106-72-57(78-47(3)85)69(60(92)52(42-81)102-72)108-75-66(98)71(61(93)53(43-82)103-75)110-77(76(99)100)40-50(87)58(90)70(109-77)59(91)51(88)41-80/h36,38,48-55,57-75,80-84,86-88,90-98H,4-35,37,39-46H2,1-3H3,(H,78,85)(H,79,89)(H,99,100)/b38-36+/t48-,49+,50?,51+,52?,53?,54?,55?,57?,58+,59+,60-,61-,62+,63+,64?,65?,66?,67-,68+,69+,70?,71-,72-,73+,74-,75-,77-/m0/s1. The van der Waals surface area contributed by atoms with Crippen LogP contribution in [0.3, 0.4) is 0 Å². The number of carboxylic acid groups (broad SMARTS) is 1. The van der Waals surface area contributed by atoms with Crippen LogP contribution >= 0.6 is 0 Å². The number of rotatable bonds is 57. The van der Waals surface area contributed by atoms with Gasteiger partial charge in [0.2, 0.25) is 11.8 Å². The van der Waals surface area contributed by atoms with E-state index in [1.807, 2.05) is 6.08 Å². The number of aliphatic hydroxyl groups excluding tert-OH is 17. The van der Waals surface area contributed by atoms with Crippen LogP contribution < -0.4 is 10.6 Å². The van der Waals surface area contributed by atoms with Gasteiger partial charge in [-0.05, 0) is 19.3 Å². The molecule has 5 rings (SSSR count). The van der Waals surface area contributed by atoms with E-state index in [9.17, 15) is 106 Å². The summed E-state index contributed by atoms with van der Waals surface area (Å²) in [5.74, 6) is -6.52. The number of aliphatic hydroxyl groups is 17. The summed E-state index contributed by atoms with van der Waals surface area (Å²) in [6.07, 6.45) is -8.37. The molecule has 5 heterocycles. The Balaban J connectivity index is 1.19. The highest BCUT2D eigenvalue weighted by Gasteiger charge is 2.61. The van der Waals surface area contributed by atoms with Crippen molar-refractivity contribution in [1.82, 2.24) is 10.6 Å². The molecule has 5 aliphatic heterocycles. The summed E-state index contributed by atoms with van der Waals surface area (Å²) in [6, 6.07) is -2.91. The maximum atomic E-state index is 13.5. The lowest BCUT2D eigenvalue weighted by atomic mass is 9.90. The number of unbranched alkanes of at least 4 members (excludes halogenated alkanes) is 31. The Kier molecular flexibility index (Phi) is 47.4. The van der Waals surface area contributed by atoms with Gasteiger partial charge >= 0.3 is 5.97 Å². The maximum absolute atomic E-state index is 13.5. The molecular formula is C77H140N2O31. The molecule has 5 saturated heterocycles. The van der Waals surface area contributed by atoms with E-state index in [2.05, 4.69) is 24.5 Å². The molecule has 33 heteroatoms. The van der Waals surface area contributed by atoms with Crippen LogP contribution in [0.15, 0.2) is 12.2 Å². The molecule has 644 valence electrons. The molecule has 0 aromatic carbocycles. The summed E-state index contributed by atoms with van der Waals surface area (Å²) in [7, 11) is 0. The third-order valence-electron chi connectivity index (χ3n) is 21.7. The van der Waals surface area contributed by atoms with Crippen molar-refractivity contribution in [2.75, 3.05) is 39.6 Å². The average Bonchev–Trinajstić information content (AvgIpc) is 0.747. The second kappa shape index (κ2) is 53.4. The summed E-state index contributed by atoms with van der Waals surface area (Å²) in [6.45, 7) is -0.299. The molecule has 0 saturated carbocycles. The van der Waals surface area contributed by atoms with E-state index in [-0.39, 0.29) is 12.3 Å². The molecule has 20 N–H and O–H groups in total. The fraction of sp³-hybridized carbons (Fsp3) is 0.935. The van der Waals surface area contributed by atoms with Gasteiger partial charge in [0.05, 0.1) is 57.9 Å². The van der Waals surface area contributed by atoms with E-state index >= 15 is 0 Å². The van der Waals surface area contributed by atoms with Crippen molar-refractivity contribution in [3.8, 4) is 0 Å². The van der Waals surface area contributed by atoms with Crippen molar-refractivity contribution < 1.29 is 154 Å². The van der Waals surface area contributed by atoms with Crippen LogP contribution in [0.2, 0.25) is 0 Å². The molecule has 0 aromatic heterocycles. The lowest BCUT2D eigenvalue weighted by Crippen LogP contribution is -2.71. The number of ether oxygens (including phenoxy) is 10. The first-order valence-electron chi connectivity index (χ1n) is 41.1. The van der Waals surface area contributed by atoms with E-state index in [4.69, 9.17) is 47.4 Å². The van der Waals surface area contributed by atoms with Crippen molar-refractivity contribution in [1.29, 1.82) is 0 Å². The third-order valence-corrected chi connectivity index (χ3v) is 21.7. The minimum atomic E-state index is -3.21. The highest BCUT2D eigenvalue weighted by Crippen LogP contribution is 2.40. The van der Waals surface area contributed by atoms with Crippen LogP contribution in [0.25, 0.3) is 0 Å². The number of allylic oxidation sites excluding steroid dienone is 1. The molecule has 0 aromatic rings. The minimum absolute atomic E-state index is 0.181. The molecule has 0 bridgehead atoms. The summed E-state index contributed by atoms with van der Waals surface area (Å²) in [4.78, 5) is 39.5. The topological polar surface area (TPSA) is 532 Å². The number of nitrogens with one attached hydrogen (secondary N) is 2. The SMILES string of the molecule is CCCCCCCCCCCCC/C=C/[C@@H](O)[C@H](CO[C@@H]1OC(CO)[C@@H](O[C@@H]2OC(CO)[C@H](O[C@@H]3OC(CO)[C@H](O)[C@H](O[C@@H]4OC(CO)[C@H](O)[C@H](O[C@]5(C(=O)O)CC(O)[C@@H](O)C([C@H](O)[C@H](O)CO)O5)C4O)C3NC(C)=O)[C@H](O)C2O)[C@H](O)C1O)NC(=O)CCCCCCCCCCCCCCCCCCCCCCC. The van der Waals surface area contributed by atoms with Crippen LogP contribution in [-0.2, 0) is 61.8 Å². The number of aliphatic carboxylic acids is 1. The predicted molar refractivity (Wildman–Crippen MR) is 394 cm³/mol. The zero-order valence-electron chi connectivity index (χ0n) is 65.1. The number of carboxylic acids is 1. The monoisotopic (exact) mass is 1590 g/mol. The second-order valence-corrected chi connectivity index (χ2v) is 30.7. The Labute approximate surface area is 648 Å². The van der Waals surface area contributed by atoms with Gasteiger partial charge in [0.15, 0.2) is 25.2 Å². The Morgan fingerprint density at radius 3 is 1.33 bits per heavy atom. The largest absolute Gasteiger partial charge is 0.477 e. The Morgan fingerprint density at radius 2 is 0.873 bits per heavy atom. The maximum Gasteiger partial charge on any atom is 0.364 e. The lowest BCUT2D eigenvalue weighted by molar-refractivity contribution is -0.391. The number of carbonyl (C=O) groups is 3. The first-order valence-corrected chi connectivity index (χ1v) is 41.1. The Morgan fingerprint density at radius 1 is 0.473 bits per heavy atom. The van der Waals surface area contributed by atoms with E-state index in [0.717, 1.165) is 58.3 Å². The Bertz CT molecular complexity index is 2480. The van der Waals surface area contributed by atoms with Gasteiger partial charge in [-0.15, -0.1) is 0 Å². The molecule has 5 fully saturated rings. The minimum Gasteiger partial charge on any atom is -0.477 e. The molecule has 10 unspecified atom stereocenters. The summed E-state index contributed by atoms with van der Waals surface area (Å²) >= 11 is 0. The van der Waals surface area contributed by atoms with Crippen molar-refractivity contribution >= 4 is 17.8 Å². The summed E-state index contributed by atoms with van der Waals surface area (Å²) < 4.78 is 58.5. The molecular weight excluding hydrogens is 1450 g/mol. The summed E-state index contributed by atoms with van der Waals surface area (Å²) in [5.41, 5.74) is 0. The van der Waals surface area contributed by atoms with Crippen LogP contribution in [0.4, 0.5) is 0 Å². The van der Waals surface area contributed by atoms with Gasteiger partial charge < -0.3 is 150 Å². The number of hydrogen-bond donors (Lipinski definition) is 20. The second-order valence-electron chi connectivity index (χ2n) is 30.7. The van der Waals surface area contributed by atoms with E-state index in [0.29, 0.717) is 12.8 Å². The molecule has 33 nitrogen and oxygen atoms in total. The molecule has 0 spiro atoms. The van der Waals surface area contributed by atoms with Crippen molar-refractivity contribution in [2.24, 2.45) is 0 Å². The van der Waals surface area contributed by atoms with Gasteiger partial charge in [-0.3, -0.25) is 9.59 Å². The molecule has 28 atom stereocenters. The van der Waals surface area contributed by atoms with Gasteiger partial charge in [-0.2, -0.15) is 0 Å². The first-order chi connectivity index (χ1) is 52.9. The van der Waals surface area contributed by atoms with E-state index in [1.165, 1.54) is 148 Å². The highest BCUT2D eigenvalue weighted by atomic mass is 16.8. The van der Waals surface area contributed by atoms with Gasteiger partial charge in [-0.1, -0.05) is 219 Å². The van der Waals surface area contributed by atoms with Crippen LogP contribution in [-0.4, -0.2) is 321 Å². The van der Waals surface area contributed by atoms with Crippen molar-refractivity contribution in [2.45, 2.75) is 417 Å². The zero-order valence-corrected chi connectivity index (χ0v) is 65.1. The zero-order chi connectivity index (χ0) is 80.7. The number of hydrogen-bond acceptors (Lipinski definition) is 30. The number of amides is 2. The third kappa shape index (κ3) is 31.2. The Hall–Kier alpha value is -2.93. The quantitative estimate of drug-likeness (QED) is 0.0300. The normalized spacial score (nSPS) is 34.1. The lowest BCUT2D eigenvalue weighted by Gasteiger charge is -2.51. The smallest absolute Gasteiger partial charge is 0.364 e. The van der Waals surface area contributed by atoms with Crippen LogP contribution in [0.1, 0.15) is 245 Å². The average molecular weight is 1590 g/mol. The van der Waals surface area contributed by atoms with Gasteiger partial charge in [0.1, 0.15) is 122 Å².